The second kappa shape index (κ2) is 9.38. The van der Waals surface area contributed by atoms with Crippen LogP contribution in [0.2, 0.25) is 0 Å². The van der Waals surface area contributed by atoms with Gasteiger partial charge in [-0.15, -0.1) is 0 Å². The number of hydrogen-bond donors (Lipinski definition) is 2. The van der Waals surface area contributed by atoms with Crippen molar-refractivity contribution in [3.8, 4) is 11.5 Å². The smallest absolute Gasteiger partial charge is 0.224 e. The third-order valence-corrected chi connectivity index (χ3v) is 4.34. The molecular formula is C19H27N5O3. The van der Waals surface area contributed by atoms with Gasteiger partial charge in [-0.1, -0.05) is 0 Å². The Hall–Kier alpha value is -2.58. The van der Waals surface area contributed by atoms with Gasteiger partial charge in [-0.2, -0.15) is 4.98 Å². The molecule has 8 heteroatoms. The van der Waals surface area contributed by atoms with Crippen LogP contribution in [0.3, 0.4) is 0 Å². The van der Waals surface area contributed by atoms with Crippen LogP contribution in [0, 0.1) is 6.92 Å². The number of aromatic nitrogens is 2. The molecule has 3 rings (SSSR count). The lowest BCUT2D eigenvalue weighted by Crippen LogP contribution is -2.39. The fraction of sp³-hybridized carbons (Fsp3) is 0.474. The summed E-state index contributed by atoms with van der Waals surface area (Å²) in [4.78, 5) is 11.4. The summed E-state index contributed by atoms with van der Waals surface area (Å²) in [6.07, 6.45) is 0. The van der Waals surface area contributed by atoms with E-state index in [4.69, 9.17) is 14.2 Å². The van der Waals surface area contributed by atoms with Crippen molar-refractivity contribution in [2.75, 3.05) is 64.2 Å². The monoisotopic (exact) mass is 373 g/mol. The van der Waals surface area contributed by atoms with Gasteiger partial charge in [0.25, 0.3) is 0 Å². The first-order chi connectivity index (χ1) is 13.2. The zero-order chi connectivity index (χ0) is 19.1. The Morgan fingerprint density at radius 2 is 1.93 bits per heavy atom. The maximum Gasteiger partial charge on any atom is 0.224 e. The van der Waals surface area contributed by atoms with Gasteiger partial charge in [-0.25, -0.2) is 4.98 Å². The maximum atomic E-state index is 5.44. The number of ether oxygens (including phenoxy) is 3. The molecule has 0 spiro atoms. The Bertz CT molecular complexity index is 750. The van der Waals surface area contributed by atoms with Crippen molar-refractivity contribution >= 4 is 17.5 Å². The number of benzene rings is 1. The Labute approximate surface area is 159 Å². The van der Waals surface area contributed by atoms with E-state index in [1.165, 1.54) is 0 Å². The quantitative estimate of drug-likeness (QED) is 0.730. The van der Waals surface area contributed by atoms with Crippen LogP contribution in [0.4, 0.5) is 17.5 Å². The summed E-state index contributed by atoms with van der Waals surface area (Å²) in [5.74, 6) is 2.74. The second-order valence-electron chi connectivity index (χ2n) is 6.29. The first-order valence-electron chi connectivity index (χ1n) is 9.06. The van der Waals surface area contributed by atoms with Gasteiger partial charge in [0.1, 0.15) is 17.3 Å². The van der Waals surface area contributed by atoms with Crippen LogP contribution >= 0.6 is 0 Å². The largest absolute Gasteiger partial charge is 0.497 e. The predicted octanol–water partition coefficient (Wildman–Crippen LogP) is 2.29. The van der Waals surface area contributed by atoms with Gasteiger partial charge in [-0.3, -0.25) is 4.90 Å². The topological polar surface area (TPSA) is 80.8 Å². The Morgan fingerprint density at radius 1 is 1.11 bits per heavy atom. The molecule has 1 saturated heterocycles. The van der Waals surface area contributed by atoms with Crippen molar-refractivity contribution in [1.29, 1.82) is 0 Å². The molecule has 27 heavy (non-hydrogen) atoms. The SMILES string of the molecule is COc1ccc(Nc2cc(C)nc(NCCN3CCOCC3)n2)c(OC)c1. The van der Waals surface area contributed by atoms with E-state index in [2.05, 4.69) is 25.5 Å². The van der Waals surface area contributed by atoms with Crippen LogP contribution in [0.25, 0.3) is 0 Å². The zero-order valence-corrected chi connectivity index (χ0v) is 16.1. The van der Waals surface area contributed by atoms with Crippen molar-refractivity contribution in [3.05, 3.63) is 30.0 Å². The molecule has 146 valence electrons. The molecule has 0 unspecified atom stereocenters. The molecule has 1 fully saturated rings. The molecule has 0 amide bonds. The lowest BCUT2D eigenvalue weighted by atomic mass is 10.2. The molecule has 0 saturated carbocycles. The molecular weight excluding hydrogens is 346 g/mol. The van der Waals surface area contributed by atoms with Crippen LogP contribution in [0.15, 0.2) is 24.3 Å². The standard InChI is InChI=1S/C19H27N5O3/c1-14-12-18(22-16-5-4-15(25-2)13-17(16)26-3)23-19(21-14)20-6-7-24-8-10-27-11-9-24/h4-5,12-13H,6-11H2,1-3H3,(H2,20,21,22,23). The summed E-state index contributed by atoms with van der Waals surface area (Å²) in [5, 5.41) is 6.61. The number of nitrogens with zero attached hydrogens (tertiary/aromatic N) is 3. The highest BCUT2D eigenvalue weighted by Gasteiger charge is 2.11. The van der Waals surface area contributed by atoms with E-state index in [1.54, 1.807) is 14.2 Å². The first kappa shape index (κ1) is 19.2. The second-order valence-corrected chi connectivity index (χ2v) is 6.29. The zero-order valence-electron chi connectivity index (χ0n) is 16.1. The maximum absolute atomic E-state index is 5.44. The summed E-state index contributed by atoms with van der Waals surface area (Å²) in [5.41, 5.74) is 1.70. The van der Waals surface area contributed by atoms with Gasteiger partial charge in [-0.05, 0) is 19.1 Å². The molecule has 8 nitrogen and oxygen atoms in total. The van der Waals surface area contributed by atoms with Gasteiger partial charge >= 0.3 is 0 Å². The minimum Gasteiger partial charge on any atom is -0.497 e. The molecule has 1 aromatic carbocycles. The van der Waals surface area contributed by atoms with Crippen LogP contribution in [-0.2, 0) is 4.74 Å². The van der Waals surface area contributed by atoms with Crippen molar-refractivity contribution in [1.82, 2.24) is 14.9 Å². The van der Waals surface area contributed by atoms with E-state index in [0.29, 0.717) is 17.5 Å². The summed E-state index contributed by atoms with van der Waals surface area (Å²) < 4.78 is 16.0. The van der Waals surface area contributed by atoms with Crippen LogP contribution in [-0.4, -0.2) is 68.5 Å². The van der Waals surface area contributed by atoms with Crippen LogP contribution in [0.5, 0.6) is 11.5 Å². The number of anilines is 3. The van der Waals surface area contributed by atoms with Gasteiger partial charge in [0.05, 0.1) is 33.1 Å². The Morgan fingerprint density at radius 3 is 2.67 bits per heavy atom. The van der Waals surface area contributed by atoms with Gasteiger partial charge in [0.15, 0.2) is 0 Å². The van der Waals surface area contributed by atoms with Gasteiger partial charge in [0.2, 0.25) is 5.95 Å². The summed E-state index contributed by atoms with van der Waals surface area (Å²) in [6.45, 7) is 7.23. The van der Waals surface area contributed by atoms with Crippen molar-refractivity contribution in [2.24, 2.45) is 0 Å². The van der Waals surface area contributed by atoms with Crippen molar-refractivity contribution in [2.45, 2.75) is 6.92 Å². The van der Waals surface area contributed by atoms with E-state index in [0.717, 1.165) is 56.5 Å². The highest BCUT2D eigenvalue weighted by Crippen LogP contribution is 2.31. The predicted molar refractivity (Wildman–Crippen MR) is 105 cm³/mol. The average Bonchev–Trinajstić information content (AvgIpc) is 2.69. The molecule has 1 aromatic heterocycles. The lowest BCUT2D eigenvalue weighted by molar-refractivity contribution is 0.0398. The molecule has 0 bridgehead atoms. The average molecular weight is 373 g/mol. The fourth-order valence-corrected chi connectivity index (χ4v) is 2.90. The molecule has 2 heterocycles. The highest BCUT2D eigenvalue weighted by molar-refractivity contribution is 5.66. The normalized spacial score (nSPS) is 14.6. The number of aryl methyl sites for hydroxylation is 1. The van der Waals surface area contributed by atoms with Crippen molar-refractivity contribution in [3.63, 3.8) is 0 Å². The van der Waals surface area contributed by atoms with Gasteiger partial charge < -0.3 is 24.8 Å². The van der Waals surface area contributed by atoms with Gasteiger partial charge in [0, 0.05) is 44.0 Å². The molecule has 2 aromatic rings. The van der Waals surface area contributed by atoms with E-state index >= 15 is 0 Å². The molecule has 1 aliphatic rings. The number of methoxy groups -OCH3 is 2. The molecule has 0 radical (unpaired) electrons. The highest BCUT2D eigenvalue weighted by atomic mass is 16.5. The summed E-state index contributed by atoms with van der Waals surface area (Å²) in [7, 11) is 3.26. The Kier molecular flexibility index (Phi) is 6.67. The molecule has 0 atom stereocenters. The summed E-state index contributed by atoms with van der Waals surface area (Å²) >= 11 is 0. The van der Waals surface area contributed by atoms with Crippen LogP contribution < -0.4 is 20.1 Å². The number of nitrogens with one attached hydrogen (secondary N) is 2. The number of rotatable bonds is 8. The third kappa shape index (κ3) is 5.45. The minimum atomic E-state index is 0.609. The summed E-state index contributed by atoms with van der Waals surface area (Å²) in [6, 6.07) is 7.51. The molecule has 2 N–H and O–H groups in total. The van der Waals surface area contributed by atoms with E-state index in [9.17, 15) is 0 Å². The number of morpholine rings is 1. The minimum absolute atomic E-state index is 0.609. The lowest BCUT2D eigenvalue weighted by Gasteiger charge is -2.26. The van der Waals surface area contributed by atoms with Crippen molar-refractivity contribution < 1.29 is 14.2 Å². The van der Waals surface area contributed by atoms with E-state index in [-0.39, 0.29) is 0 Å². The number of hydrogen-bond acceptors (Lipinski definition) is 8. The fourth-order valence-electron chi connectivity index (χ4n) is 2.90. The molecule has 1 aliphatic heterocycles. The Balaban J connectivity index is 1.64. The van der Waals surface area contributed by atoms with E-state index in [1.807, 2.05) is 31.2 Å². The molecule has 0 aliphatic carbocycles. The van der Waals surface area contributed by atoms with Crippen LogP contribution in [0.1, 0.15) is 5.69 Å². The van der Waals surface area contributed by atoms with E-state index < -0.39 is 0 Å². The third-order valence-electron chi connectivity index (χ3n) is 4.34. The first-order valence-corrected chi connectivity index (χ1v) is 9.06.